The van der Waals surface area contributed by atoms with Crippen LogP contribution in [-0.2, 0) is 25.7 Å². The summed E-state index contributed by atoms with van der Waals surface area (Å²) < 4.78 is 13.4. The molecule has 3 aliphatic heterocycles. The lowest BCUT2D eigenvalue weighted by atomic mass is 9.90. The first-order valence-corrected chi connectivity index (χ1v) is 15.5. The van der Waals surface area contributed by atoms with Crippen LogP contribution >= 0.6 is 0 Å². The number of carboxylic acids is 1. The summed E-state index contributed by atoms with van der Waals surface area (Å²) in [5, 5.41) is 21.3. The van der Waals surface area contributed by atoms with Crippen molar-refractivity contribution in [2.24, 2.45) is 5.92 Å². The van der Waals surface area contributed by atoms with Gasteiger partial charge < -0.3 is 29.9 Å². The van der Waals surface area contributed by atoms with Crippen LogP contribution in [0.3, 0.4) is 0 Å². The maximum atomic E-state index is 12.4. The number of hydrogen-bond donors (Lipinski definition) is 3. The maximum Gasteiger partial charge on any atom is 0.303 e. The molecule has 228 valence electrons. The quantitative estimate of drug-likeness (QED) is 0.331. The normalized spacial score (nSPS) is 26.9. The van der Waals surface area contributed by atoms with Gasteiger partial charge in [-0.25, -0.2) is 0 Å². The van der Waals surface area contributed by atoms with Crippen LogP contribution in [0.15, 0.2) is 48.5 Å². The number of carbonyl (C=O) groups excluding carboxylic acids is 1. The van der Waals surface area contributed by atoms with Crippen LogP contribution in [0.2, 0.25) is 0 Å². The van der Waals surface area contributed by atoms with Crippen molar-refractivity contribution < 1.29 is 29.3 Å². The van der Waals surface area contributed by atoms with Gasteiger partial charge in [0, 0.05) is 49.1 Å². The van der Waals surface area contributed by atoms with Crippen molar-refractivity contribution in [3.63, 3.8) is 0 Å². The number of anilines is 1. The topological polar surface area (TPSA) is 112 Å². The molecule has 3 saturated heterocycles. The molecule has 1 amide bonds. The number of rotatable bonds is 12. The Bertz CT molecular complexity index is 1180. The number of benzene rings is 2. The van der Waals surface area contributed by atoms with E-state index in [0.717, 1.165) is 36.3 Å². The zero-order valence-electron chi connectivity index (χ0n) is 24.6. The molecule has 0 spiro atoms. The number of amides is 1. The Kier molecular flexibility index (Phi) is 10.6. The van der Waals surface area contributed by atoms with E-state index in [1.165, 1.54) is 38.8 Å². The number of aliphatic hydroxyl groups excluding tert-OH is 1. The number of nitrogens with zero attached hydrogens (tertiary/aromatic N) is 2. The van der Waals surface area contributed by atoms with Crippen molar-refractivity contribution in [3.05, 3.63) is 65.2 Å². The summed E-state index contributed by atoms with van der Waals surface area (Å²) in [5.41, 5.74) is 3.36. The molecular weight excluding hydrogens is 534 g/mol. The number of hydrogen-bond acceptors (Lipinski definition) is 7. The minimum atomic E-state index is -0.906. The summed E-state index contributed by atoms with van der Waals surface area (Å²) in [6.07, 6.45) is 4.56. The van der Waals surface area contributed by atoms with Gasteiger partial charge in [0.2, 0.25) is 5.91 Å². The predicted octanol–water partition coefficient (Wildman–Crippen LogP) is 4.72. The molecule has 9 heteroatoms. The molecule has 0 saturated carbocycles. The number of likely N-dealkylation sites (tertiary alicyclic amines) is 2. The van der Waals surface area contributed by atoms with Gasteiger partial charge in [0.15, 0.2) is 6.29 Å². The van der Waals surface area contributed by atoms with Crippen molar-refractivity contribution in [1.82, 2.24) is 9.80 Å². The summed E-state index contributed by atoms with van der Waals surface area (Å²) >= 11 is 0. The summed E-state index contributed by atoms with van der Waals surface area (Å²) in [4.78, 5) is 28.4. The lowest BCUT2D eigenvalue weighted by Crippen LogP contribution is -2.48. The van der Waals surface area contributed by atoms with Crippen molar-refractivity contribution in [2.45, 2.75) is 83.0 Å². The average Bonchev–Trinajstić information content (AvgIpc) is 3.66. The smallest absolute Gasteiger partial charge is 0.303 e. The van der Waals surface area contributed by atoms with E-state index in [2.05, 4.69) is 22.0 Å². The van der Waals surface area contributed by atoms with Crippen molar-refractivity contribution in [1.29, 1.82) is 0 Å². The zero-order valence-corrected chi connectivity index (χ0v) is 24.6. The molecule has 3 fully saturated rings. The lowest BCUT2D eigenvalue weighted by Gasteiger charge is -2.43. The number of nitrogens with one attached hydrogen (secondary N) is 1. The van der Waals surface area contributed by atoms with Gasteiger partial charge in [-0.05, 0) is 75.0 Å². The van der Waals surface area contributed by atoms with E-state index in [4.69, 9.17) is 14.6 Å². The highest BCUT2D eigenvalue weighted by Gasteiger charge is 2.41. The molecule has 0 bridgehead atoms. The van der Waals surface area contributed by atoms with E-state index in [1.54, 1.807) is 0 Å². The number of ether oxygens (including phenoxy) is 2. The summed E-state index contributed by atoms with van der Waals surface area (Å²) in [6, 6.07) is 16.0. The van der Waals surface area contributed by atoms with Crippen molar-refractivity contribution >= 4 is 17.6 Å². The maximum absolute atomic E-state index is 12.4. The Labute approximate surface area is 248 Å². The SMILES string of the molecule is CC1C(CN2CCCC2CN2CCCC2)OC(c2cccc(NC(=O)CCCC(=O)O)c2)OC1c1ccc(CO)cc1. The Morgan fingerprint density at radius 1 is 0.952 bits per heavy atom. The number of carbonyl (C=O) groups is 2. The van der Waals surface area contributed by atoms with Crippen LogP contribution in [0, 0.1) is 5.92 Å². The second-order valence-corrected chi connectivity index (χ2v) is 12.0. The lowest BCUT2D eigenvalue weighted by molar-refractivity contribution is -0.276. The molecule has 0 aromatic heterocycles. The summed E-state index contributed by atoms with van der Waals surface area (Å²) in [5.74, 6) is -1.02. The molecule has 2 aromatic rings. The van der Waals surface area contributed by atoms with Crippen molar-refractivity contribution in [2.75, 3.05) is 38.0 Å². The van der Waals surface area contributed by atoms with Crippen LogP contribution in [-0.4, -0.2) is 76.8 Å². The molecule has 5 rings (SSSR count). The Balaban J connectivity index is 1.32. The van der Waals surface area contributed by atoms with Gasteiger partial charge in [-0.3, -0.25) is 14.5 Å². The minimum Gasteiger partial charge on any atom is -0.481 e. The second kappa shape index (κ2) is 14.6. The Morgan fingerprint density at radius 3 is 2.48 bits per heavy atom. The van der Waals surface area contributed by atoms with Gasteiger partial charge in [-0.2, -0.15) is 0 Å². The fourth-order valence-corrected chi connectivity index (χ4v) is 6.55. The summed E-state index contributed by atoms with van der Waals surface area (Å²) in [7, 11) is 0. The Morgan fingerprint density at radius 2 is 1.74 bits per heavy atom. The first-order chi connectivity index (χ1) is 20.4. The standard InChI is InChI=1S/C33H45N3O6/c1-23-29(21-36-18-6-9-28(36)20-35-16-2-3-17-35)41-33(42-32(23)25-14-12-24(22-37)13-15-25)26-7-4-8-27(19-26)34-30(38)10-5-11-31(39)40/h4,7-8,12-15,19,23,28-29,32-33,37H,2-3,5-6,9-11,16-18,20-22H2,1H3,(H,34,38)(H,39,40). The largest absolute Gasteiger partial charge is 0.481 e. The average molecular weight is 580 g/mol. The highest BCUT2D eigenvalue weighted by atomic mass is 16.7. The van der Waals surface area contributed by atoms with Gasteiger partial charge in [-0.15, -0.1) is 0 Å². The van der Waals surface area contributed by atoms with E-state index in [-0.39, 0.29) is 43.5 Å². The monoisotopic (exact) mass is 579 g/mol. The van der Waals surface area contributed by atoms with Crippen LogP contribution < -0.4 is 5.32 Å². The minimum absolute atomic E-state index is 0.00208. The number of aliphatic carboxylic acids is 1. The molecule has 9 nitrogen and oxygen atoms in total. The molecular formula is C33H45N3O6. The van der Waals surface area contributed by atoms with Crippen LogP contribution in [0.5, 0.6) is 0 Å². The first kappa shape index (κ1) is 30.6. The van der Waals surface area contributed by atoms with Crippen LogP contribution in [0.1, 0.15) is 81.0 Å². The zero-order chi connectivity index (χ0) is 29.5. The number of aliphatic hydroxyl groups is 1. The molecule has 3 N–H and O–H groups in total. The highest BCUT2D eigenvalue weighted by Crippen LogP contribution is 2.42. The molecule has 5 unspecified atom stereocenters. The molecule has 3 heterocycles. The molecule has 0 radical (unpaired) electrons. The van der Waals surface area contributed by atoms with Crippen LogP contribution in [0.25, 0.3) is 0 Å². The van der Waals surface area contributed by atoms with Crippen molar-refractivity contribution in [3.8, 4) is 0 Å². The molecule has 0 aliphatic carbocycles. The second-order valence-electron chi connectivity index (χ2n) is 12.0. The van der Waals surface area contributed by atoms with Crippen LogP contribution in [0.4, 0.5) is 5.69 Å². The van der Waals surface area contributed by atoms with E-state index in [9.17, 15) is 14.7 Å². The van der Waals surface area contributed by atoms with Gasteiger partial charge in [0.25, 0.3) is 0 Å². The van der Waals surface area contributed by atoms with E-state index >= 15 is 0 Å². The predicted molar refractivity (Wildman–Crippen MR) is 160 cm³/mol. The van der Waals surface area contributed by atoms with E-state index in [1.807, 2.05) is 48.5 Å². The fourth-order valence-electron chi connectivity index (χ4n) is 6.55. The molecule has 5 atom stereocenters. The third kappa shape index (κ3) is 7.96. The third-order valence-electron chi connectivity index (χ3n) is 8.94. The summed E-state index contributed by atoms with van der Waals surface area (Å²) in [6.45, 7) is 7.65. The molecule has 42 heavy (non-hydrogen) atoms. The molecule has 3 aliphatic rings. The van der Waals surface area contributed by atoms with Gasteiger partial charge in [-0.1, -0.05) is 43.3 Å². The first-order valence-electron chi connectivity index (χ1n) is 15.5. The fraction of sp³-hybridized carbons (Fsp3) is 0.576. The van der Waals surface area contributed by atoms with Gasteiger partial charge >= 0.3 is 5.97 Å². The Hall–Kier alpha value is -2.82. The van der Waals surface area contributed by atoms with E-state index in [0.29, 0.717) is 18.2 Å². The molecule has 2 aromatic carbocycles. The third-order valence-corrected chi connectivity index (χ3v) is 8.94. The van der Waals surface area contributed by atoms with Gasteiger partial charge in [0.05, 0.1) is 18.8 Å². The number of carboxylic acid groups (broad SMARTS) is 1. The van der Waals surface area contributed by atoms with E-state index < -0.39 is 12.3 Å². The van der Waals surface area contributed by atoms with Gasteiger partial charge in [0.1, 0.15) is 0 Å². The highest BCUT2D eigenvalue weighted by molar-refractivity contribution is 5.90.